The van der Waals surface area contributed by atoms with Gasteiger partial charge in [-0.2, -0.15) is 0 Å². The monoisotopic (exact) mass is 223 g/mol. The van der Waals surface area contributed by atoms with Crippen LogP contribution in [0.15, 0.2) is 17.5 Å². The summed E-state index contributed by atoms with van der Waals surface area (Å²) in [7, 11) is 0. The Labute approximate surface area is 94.9 Å². The summed E-state index contributed by atoms with van der Waals surface area (Å²) in [5, 5.41) is 2.10. The SMILES string of the molecule is CC(=O)CC(c1cccs1)N1CCCC1. The van der Waals surface area contributed by atoms with Crippen molar-refractivity contribution in [2.75, 3.05) is 13.1 Å². The average molecular weight is 223 g/mol. The van der Waals surface area contributed by atoms with E-state index in [1.54, 1.807) is 18.3 Å². The molecule has 0 spiro atoms. The van der Waals surface area contributed by atoms with Crippen molar-refractivity contribution >= 4 is 17.1 Å². The number of thiophene rings is 1. The molecule has 82 valence electrons. The van der Waals surface area contributed by atoms with Crippen LogP contribution in [0.1, 0.15) is 37.1 Å². The van der Waals surface area contributed by atoms with Crippen molar-refractivity contribution in [2.24, 2.45) is 0 Å². The van der Waals surface area contributed by atoms with Crippen LogP contribution in [-0.4, -0.2) is 23.8 Å². The van der Waals surface area contributed by atoms with Gasteiger partial charge in [-0.05, 0) is 44.3 Å². The number of hydrogen-bond acceptors (Lipinski definition) is 3. The van der Waals surface area contributed by atoms with Gasteiger partial charge in [0.15, 0.2) is 0 Å². The van der Waals surface area contributed by atoms with Crippen LogP contribution in [0.4, 0.5) is 0 Å². The first-order valence-electron chi connectivity index (χ1n) is 5.54. The number of carbonyl (C=O) groups is 1. The molecular formula is C12H17NOS. The second kappa shape index (κ2) is 4.90. The van der Waals surface area contributed by atoms with Crippen molar-refractivity contribution in [3.63, 3.8) is 0 Å². The van der Waals surface area contributed by atoms with Crippen LogP contribution >= 0.6 is 11.3 Å². The fraction of sp³-hybridized carbons (Fsp3) is 0.583. The van der Waals surface area contributed by atoms with E-state index in [0.717, 1.165) is 13.1 Å². The predicted octanol–water partition coefficient (Wildman–Crippen LogP) is 2.86. The number of hydrogen-bond donors (Lipinski definition) is 0. The zero-order chi connectivity index (χ0) is 10.7. The van der Waals surface area contributed by atoms with Gasteiger partial charge in [0.05, 0.1) is 6.04 Å². The molecule has 1 aliphatic heterocycles. The molecule has 0 bridgehead atoms. The highest BCUT2D eigenvalue weighted by molar-refractivity contribution is 7.10. The van der Waals surface area contributed by atoms with Crippen LogP contribution in [0.2, 0.25) is 0 Å². The highest BCUT2D eigenvalue weighted by Gasteiger charge is 2.24. The minimum absolute atomic E-state index is 0.292. The largest absolute Gasteiger partial charge is 0.300 e. The molecule has 1 saturated heterocycles. The second-order valence-corrected chi connectivity index (χ2v) is 5.16. The van der Waals surface area contributed by atoms with E-state index in [0.29, 0.717) is 18.2 Å². The number of ketones is 1. The molecular weight excluding hydrogens is 206 g/mol. The highest BCUT2D eigenvalue weighted by Crippen LogP contribution is 2.30. The first kappa shape index (κ1) is 10.8. The molecule has 1 unspecified atom stereocenters. The third-order valence-electron chi connectivity index (χ3n) is 2.93. The molecule has 1 aromatic heterocycles. The Morgan fingerprint density at radius 3 is 2.80 bits per heavy atom. The van der Waals surface area contributed by atoms with Gasteiger partial charge in [0.2, 0.25) is 0 Å². The van der Waals surface area contributed by atoms with Gasteiger partial charge in [-0.25, -0.2) is 0 Å². The third-order valence-corrected chi connectivity index (χ3v) is 3.91. The van der Waals surface area contributed by atoms with E-state index in [-0.39, 0.29) is 0 Å². The molecule has 0 amide bonds. The average Bonchev–Trinajstić information content (AvgIpc) is 2.87. The van der Waals surface area contributed by atoms with Crippen molar-refractivity contribution in [1.82, 2.24) is 4.90 Å². The Hall–Kier alpha value is -0.670. The molecule has 15 heavy (non-hydrogen) atoms. The molecule has 0 aromatic carbocycles. The van der Waals surface area contributed by atoms with Crippen molar-refractivity contribution in [3.05, 3.63) is 22.4 Å². The first-order chi connectivity index (χ1) is 7.27. The van der Waals surface area contributed by atoms with Crippen LogP contribution < -0.4 is 0 Å². The van der Waals surface area contributed by atoms with Crippen LogP contribution in [0.3, 0.4) is 0 Å². The normalized spacial score (nSPS) is 19.3. The quantitative estimate of drug-likeness (QED) is 0.782. The van der Waals surface area contributed by atoms with E-state index < -0.39 is 0 Å². The lowest BCUT2D eigenvalue weighted by atomic mass is 10.1. The molecule has 1 atom stereocenters. The van der Waals surface area contributed by atoms with Crippen molar-refractivity contribution in [2.45, 2.75) is 32.2 Å². The van der Waals surface area contributed by atoms with Gasteiger partial charge < -0.3 is 0 Å². The van der Waals surface area contributed by atoms with E-state index in [9.17, 15) is 4.79 Å². The van der Waals surface area contributed by atoms with Gasteiger partial charge in [0.25, 0.3) is 0 Å². The number of carbonyl (C=O) groups excluding carboxylic acids is 1. The van der Waals surface area contributed by atoms with Crippen LogP contribution in [0.5, 0.6) is 0 Å². The topological polar surface area (TPSA) is 20.3 Å². The van der Waals surface area contributed by atoms with Crippen LogP contribution in [0.25, 0.3) is 0 Å². The molecule has 1 aliphatic rings. The maximum absolute atomic E-state index is 11.3. The van der Waals surface area contributed by atoms with Gasteiger partial charge in [0.1, 0.15) is 5.78 Å². The standard InChI is InChI=1S/C12H17NOS/c1-10(14)9-11(12-5-4-8-15-12)13-6-2-3-7-13/h4-5,8,11H,2-3,6-7,9H2,1H3. The van der Waals surface area contributed by atoms with E-state index in [2.05, 4.69) is 22.4 Å². The van der Waals surface area contributed by atoms with E-state index in [1.807, 2.05) is 0 Å². The number of Topliss-reactive ketones (excluding diaryl/α,β-unsaturated/α-hetero) is 1. The van der Waals surface area contributed by atoms with Gasteiger partial charge in [-0.15, -0.1) is 11.3 Å². The first-order valence-corrected chi connectivity index (χ1v) is 6.42. The van der Waals surface area contributed by atoms with Crippen LogP contribution in [-0.2, 0) is 4.79 Å². The molecule has 0 radical (unpaired) electrons. The van der Waals surface area contributed by atoms with Crippen molar-refractivity contribution in [3.8, 4) is 0 Å². The Kier molecular flexibility index (Phi) is 3.54. The molecule has 2 rings (SSSR count). The summed E-state index contributed by atoms with van der Waals surface area (Å²) in [6.07, 6.45) is 3.22. The van der Waals surface area contributed by atoms with Gasteiger partial charge >= 0.3 is 0 Å². The fourth-order valence-corrected chi connectivity index (χ4v) is 3.08. The molecule has 3 heteroatoms. The molecule has 0 N–H and O–H groups in total. The summed E-state index contributed by atoms with van der Waals surface area (Å²) in [5.41, 5.74) is 0. The van der Waals surface area contributed by atoms with Gasteiger partial charge in [0, 0.05) is 11.3 Å². The smallest absolute Gasteiger partial charge is 0.131 e. The Balaban J connectivity index is 2.12. The van der Waals surface area contributed by atoms with Gasteiger partial charge in [-0.3, -0.25) is 9.69 Å². The Bertz CT molecular complexity index is 314. The number of likely N-dealkylation sites (tertiary alicyclic amines) is 1. The van der Waals surface area contributed by atoms with E-state index in [1.165, 1.54) is 17.7 Å². The molecule has 0 saturated carbocycles. The van der Waals surface area contributed by atoms with E-state index in [4.69, 9.17) is 0 Å². The molecule has 2 nitrogen and oxygen atoms in total. The highest BCUT2D eigenvalue weighted by atomic mass is 32.1. The fourth-order valence-electron chi connectivity index (χ4n) is 2.22. The minimum Gasteiger partial charge on any atom is -0.300 e. The zero-order valence-corrected chi connectivity index (χ0v) is 9.93. The molecule has 1 fully saturated rings. The predicted molar refractivity (Wildman–Crippen MR) is 63.2 cm³/mol. The van der Waals surface area contributed by atoms with Gasteiger partial charge in [-0.1, -0.05) is 6.07 Å². The second-order valence-electron chi connectivity index (χ2n) is 4.18. The summed E-state index contributed by atoms with van der Waals surface area (Å²) >= 11 is 1.77. The third kappa shape index (κ3) is 2.67. The van der Waals surface area contributed by atoms with E-state index >= 15 is 0 Å². The number of nitrogens with zero attached hydrogens (tertiary/aromatic N) is 1. The summed E-state index contributed by atoms with van der Waals surface area (Å²) in [6.45, 7) is 3.99. The summed E-state index contributed by atoms with van der Waals surface area (Å²) in [5.74, 6) is 0.292. The number of rotatable bonds is 4. The Morgan fingerprint density at radius 1 is 1.53 bits per heavy atom. The molecule has 1 aromatic rings. The van der Waals surface area contributed by atoms with Crippen molar-refractivity contribution < 1.29 is 4.79 Å². The lowest BCUT2D eigenvalue weighted by Crippen LogP contribution is -2.26. The summed E-state index contributed by atoms with van der Waals surface area (Å²) in [4.78, 5) is 15.1. The van der Waals surface area contributed by atoms with Crippen LogP contribution in [0, 0.1) is 0 Å². The Morgan fingerprint density at radius 2 is 2.27 bits per heavy atom. The lowest BCUT2D eigenvalue weighted by molar-refractivity contribution is -0.118. The molecule has 0 aliphatic carbocycles. The summed E-state index contributed by atoms with van der Waals surface area (Å²) < 4.78 is 0. The maximum Gasteiger partial charge on any atom is 0.131 e. The van der Waals surface area contributed by atoms with Crippen molar-refractivity contribution in [1.29, 1.82) is 0 Å². The summed E-state index contributed by atoms with van der Waals surface area (Å²) in [6, 6.07) is 4.56. The lowest BCUT2D eigenvalue weighted by Gasteiger charge is -2.25. The zero-order valence-electron chi connectivity index (χ0n) is 9.11. The maximum atomic E-state index is 11.3. The molecule has 2 heterocycles. The minimum atomic E-state index is 0.292.